The summed E-state index contributed by atoms with van der Waals surface area (Å²) in [6, 6.07) is 84.1. The fourth-order valence-corrected chi connectivity index (χ4v) is 8.71. The first-order chi connectivity index (χ1) is 36.9. The molecule has 0 aliphatic heterocycles. The highest BCUT2D eigenvalue weighted by Crippen LogP contribution is 2.30. The molecule has 4 heterocycles. The molecule has 0 N–H and O–H groups in total. The Morgan fingerprint density at radius 3 is 1.15 bits per heavy atom. The zero-order chi connectivity index (χ0) is 51.2. The molecular weight excluding hydrogens is 1040 g/mol. The molecule has 4 aromatic heterocycles. The lowest BCUT2D eigenvalue weighted by molar-refractivity contribution is 1.07. The molecule has 10 nitrogen and oxygen atoms in total. The minimum absolute atomic E-state index is 0.202. The van der Waals surface area contributed by atoms with Crippen LogP contribution < -0.4 is 0 Å². The van der Waals surface area contributed by atoms with Crippen molar-refractivity contribution in [1.82, 2.24) is 49.0 Å². The predicted octanol–water partition coefficient (Wildman–Crippen LogP) is 16.2. The zero-order valence-electron chi connectivity index (χ0n) is 39.9. The lowest BCUT2D eigenvalue weighted by atomic mass is 10.2. The van der Waals surface area contributed by atoms with Crippen molar-refractivity contribution in [2.45, 2.75) is 0 Å². The van der Waals surface area contributed by atoms with E-state index in [-0.39, 0.29) is 10.6 Å². The maximum atomic E-state index is 5.99. The summed E-state index contributed by atoms with van der Waals surface area (Å²) in [5, 5.41) is 0.403. The normalized spacial score (nSPS) is 10.6. The molecule has 9 aromatic carbocycles. The SMILES string of the molecule is Brc1cccc(-n2c(-c3ccccc3)nc3ccccc32)c1.Clc1nc(-c2ccccc2)nc(-c2ccccc2)n1.Clc1nc(-c2ccccc2)nc(-c2ccccc2)n1.c1ccc(-n2cnc3ccccc32)cc1. The van der Waals surface area contributed by atoms with Crippen molar-refractivity contribution in [1.29, 1.82) is 0 Å². The highest BCUT2D eigenvalue weighted by molar-refractivity contribution is 9.10. The lowest BCUT2D eigenvalue weighted by Crippen LogP contribution is -1.97. The van der Waals surface area contributed by atoms with E-state index in [4.69, 9.17) is 28.2 Å². The van der Waals surface area contributed by atoms with E-state index in [9.17, 15) is 0 Å². The number of aromatic nitrogens is 10. The van der Waals surface area contributed by atoms with E-state index in [1.54, 1.807) is 0 Å². The highest BCUT2D eigenvalue weighted by atomic mass is 79.9. The van der Waals surface area contributed by atoms with Crippen LogP contribution in [0.25, 0.3) is 90.4 Å². The van der Waals surface area contributed by atoms with Crippen LogP contribution in [0, 0.1) is 0 Å². The molecule has 0 saturated heterocycles. The van der Waals surface area contributed by atoms with E-state index >= 15 is 0 Å². The smallest absolute Gasteiger partial charge is 0.226 e. The molecule has 0 bridgehead atoms. The van der Waals surface area contributed by atoms with Gasteiger partial charge in [-0.15, -0.1) is 0 Å². The van der Waals surface area contributed by atoms with E-state index in [2.05, 4.69) is 115 Å². The van der Waals surface area contributed by atoms with Gasteiger partial charge in [-0.25, -0.2) is 19.9 Å². The van der Waals surface area contributed by atoms with Crippen molar-refractivity contribution in [2.75, 3.05) is 0 Å². The van der Waals surface area contributed by atoms with Crippen LogP contribution in [0.5, 0.6) is 0 Å². The van der Waals surface area contributed by atoms with Gasteiger partial charge in [0.05, 0.1) is 22.1 Å². The first kappa shape index (κ1) is 49.6. The van der Waals surface area contributed by atoms with E-state index in [0.717, 1.165) is 71.6 Å². The van der Waals surface area contributed by atoms with Gasteiger partial charge in [0.25, 0.3) is 0 Å². The van der Waals surface area contributed by atoms with E-state index in [1.807, 2.05) is 207 Å². The Kier molecular flexibility index (Phi) is 16.0. The van der Waals surface area contributed by atoms with Crippen LogP contribution in [0.1, 0.15) is 0 Å². The minimum atomic E-state index is 0.202. The quantitative estimate of drug-likeness (QED) is 0.155. The van der Waals surface area contributed by atoms with Crippen molar-refractivity contribution >= 4 is 61.2 Å². The number of benzene rings is 9. The van der Waals surface area contributed by atoms with Crippen molar-refractivity contribution < 1.29 is 0 Å². The number of rotatable bonds is 7. The molecule has 0 radical (unpaired) electrons. The van der Waals surface area contributed by atoms with Gasteiger partial charge in [0.15, 0.2) is 23.3 Å². The summed E-state index contributed by atoms with van der Waals surface area (Å²) >= 11 is 15.5. The number of para-hydroxylation sites is 5. The fourth-order valence-electron chi connectivity index (χ4n) is 8.00. The largest absolute Gasteiger partial charge is 0.299 e. The number of hydrogen-bond donors (Lipinski definition) is 0. The zero-order valence-corrected chi connectivity index (χ0v) is 43.0. The summed E-state index contributed by atoms with van der Waals surface area (Å²) < 4.78 is 5.35. The van der Waals surface area contributed by atoms with Gasteiger partial charge in [0.1, 0.15) is 12.2 Å². The van der Waals surface area contributed by atoms with Crippen LogP contribution in [-0.4, -0.2) is 49.0 Å². The second-order valence-corrected chi connectivity index (χ2v) is 18.1. The number of halogens is 3. The molecule has 0 atom stereocenters. The molecule has 0 aliphatic rings. The van der Waals surface area contributed by atoms with Gasteiger partial charge < -0.3 is 0 Å². The molecule has 13 aromatic rings. The summed E-state index contributed by atoms with van der Waals surface area (Å²) in [4.78, 5) is 34.8. The number of fused-ring (bicyclic) bond motifs is 2. The first-order valence-corrected chi connectivity index (χ1v) is 25.3. The minimum Gasteiger partial charge on any atom is -0.299 e. The van der Waals surface area contributed by atoms with Crippen LogP contribution in [0.3, 0.4) is 0 Å². The van der Waals surface area contributed by atoms with Crippen LogP contribution in [0.4, 0.5) is 0 Å². The average Bonchev–Trinajstić information content (AvgIpc) is 4.11. The molecule has 0 fully saturated rings. The monoisotopic (exact) mass is 1080 g/mol. The molecule has 13 heteroatoms. The first-order valence-electron chi connectivity index (χ1n) is 23.7. The average molecular weight is 1080 g/mol. The molecule has 362 valence electrons. The summed E-state index contributed by atoms with van der Waals surface area (Å²) in [6.07, 6.45) is 1.86. The van der Waals surface area contributed by atoms with Crippen LogP contribution in [0.2, 0.25) is 10.6 Å². The van der Waals surface area contributed by atoms with E-state index < -0.39 is 0 Å². The van der Waals surface area contributed by atoms with Crippen molar-refractivity contribution in [3.8, 4) is 68.3 Å². The molecule has 0 unspecified atom stereocenters. The summed E-state index contributed by atoms with van der Waals surface area (Å²) in [7, 11) is 0. The summed E-state index contributed by atoms with van der Waals surface area (Å²) in [5.41, 5.74) is 11.3. The Morgan fingerprint density at radius 1 is 0.320 bits per heavy atom. The van der Waals surface area contributed by atoms with E-state index in [1.165, 1.54) is 0 Å². The molecule has 0 saturated carbocycles. The summed E-state index contributed by atoms with van der Waals surface area (Å²) in [5.74, 6) is 3.29. The molecule has 0 spiro atoms. The topological polar surface area (TPSA) is 113 Å². The highest BCUT2D eigenvalue weighted by Gasteiger charge is 2.15. The van der Waals surface area contributed by atoms with E-state index in [0.29, 0.717) is 23.3 Å². The Balaban J connectivity index is 0.000000115. The Bertz CT molecular complexity index is 3680. The third-order valence-electron chi connectivity index (χ3n) is 11.5. The van der Waals surface area contributed by atoms with Gasteiger partial charge in [-0.2, -0.15) is 19.9 Å². The second-order valence-electron chi connectivity index (χ2n) is 16.5. The van der Waals surface area contributed by atoms with Gasteiger partial charge in [-0.3, -0.25) is 9.13 Å². The Morgan fingerprint density at radius 2 is 0.693 bits per heavy atom. The van der Waals surface area contributed by atoms with Gasteiger partial charge in [0, 0.05) is 43.7 Å². The third kappa shape index (κ3) is 12.4. The van der Waals surface area contributed by atoms with Crippen molar-refractivity contribution in [3.05, 3.63) is 276 Å². The van der Waals surface area contributed by atoms with Gasteiger partial charge in [-0.05, 0) is 77.8 Å². The molecule has 0 aliphatic carbocycles. The van der Waals surface area contributed by atoms with Gasteiger partial charge >= 0.3 is 0 Å². The number of nitrogens with zero attached hydrogens (tertiary/aromatic N) is 10. The summed E-state index contributed by atoms with van der Waals surface area (Å²) in [6.45, 7) is 0. The maximum Gasteiger partial charge on any atom is 0.226 e. The Labute approximate surface area is 451 Å². The van der Waals surface area contributed by atoms with Gasteiger partial charge in [0.2, 0.25) is 10.6 Å². The van der Waals surface area contributed by atoms with Gasteiger partial charge in [-0.1, -0.05) is 216 Å². The molecule has 13 rings (SSSR count). The molecule has 0 amide bonds. The second kappa shape index (κ2) is 24.1. The van der Waals surface area contributed by atoms with Crippen molar-refractivity contribution in [2.24, 2.45) is 0 Å². The Hall–Kier alpha value is -9.00. The maximum absolute atomic E-state index is 5.99. The molecule has 75 heavy (non-hydrogen) atoms. The fraction of sp³-hybridized carbons (Fsp3) is 0. The standard InChI is InChI=1S/C19H13BrN2.2C15H10ClN3.C13H10N2/c20-15-9-6-10-16(13-15)22-18-12-5-4-11-17(18)21-19(22)14-7-2-1-3-8-14;2*16-15-18-13(11-7-3-1-4-8-11)17-14(19-15)12-9-5-2-6-10-12;1-2-6-11(7-3-1)15-10-14-12-8-4-5-9-13(12)15/h1-13H;2*1-10H;1-10H. The van der Waals surface area contributed by atoms with Crippen molar-refractivity contribution in [3.63, 3.8) is 0 Å². The number of imidazole rings is 2. The number of hydrogen-bond acceptors (Lipinski definition) is 8. The predicted molar refractivity (Wildman–Crippen MR) is 307 cm³/mol. The third-order valence-corrected chi connectivity index (χ3v) is 12.3. The molecular formula is C62H43BrCl2N10. The van der Waals surface area contributed by atoms with Crippen LogP contribution in [0.15, 0.2) is 266 Å². The van der Waals surface area contributed by atoms with Crippen LogP contribution >= 0.6 is 39.1 Å². The van der Waals surface area contributed by atoms with Crippen LogP contribution in [-0.2, 0) is 0 Å². The lowest BCUT2D eigenvalue weighted by Gasteiger charge is -2.10.